The fourth-order valence-corrected chi connectivity index (χ4v) is 9.52. The molecular formula is C47H30N2S2. The van der Waals surface area contributed by atoms with Crippen LogP contribution in [0.4, 0.5) is 17.1 Å². The Balaban J connectivity index is 1.13. The fourth-order valence-electron chi connectivity index (χ4n) is 7.23. The number of hydrogen-bond donors (Lipinski definition) is 0. The summed E-state index contributed by atoms with van der Waals surface area (Å²) < 4.78 is 3.81. The third-order valence-electron chi connectivity index (χ3n) is 9.71. The van der Waals surface area contributed by atoms with Gasteiger partial charge in [-0.15, -0.1) is 22.7 Å². The van der Waals surface area contributed by atoms with Gasteiger partial charge in [-0.05, 0) is 87.6 Å². The first-order chi connectivity index (χ1) is 25.3. The van der Waals surface area contributed by atoms with Crippen LogP contribution in [0.2, 0.25) is 0 Å². The van der Waals surface area contributed by atoms with Crippen LogP contribution in [0.15, 0.2) is 182 Å². The van der Waals surface area contributed by atoms with Crippen molar-refractivity contribution in [2.45, 2.75) is 0 Å². The molecule has 4 heteroatoms. The molecule has 8 aromatic carbocycles. The van der Waals surface area contributed by atoms with Crippen LogP contribution in [0.3, 0.4) is 0 Å². The SMILES string of the molecule is c1ccc(-c2ccc(N(c3ccc(-c4cccc5ccccc45)cc3)c3ccc4sc5ccc6nc(-c7ccccc7)sc6c5c4c3)cc2)cc1. The van der Waals surface area contributed by atoms with Gasteiger partial charge in [-0.2, -0.15) is 0 Å². The summed E-state index contributed by atoms with van der Waals surface area (Å²) in [6, 6.07) is 65.6. The molecule has 10 rings (SSSR count). The lowest BCUT2D eigenvalue weighted by Gasteiger charge is -2.26. The molecule has 0 aliphatic heterocycles. The molecule has 240 valence electrons. The molecule has 0 saturated heterocycles. The van der Waals surface area contributed by atoms with Gasteiger partial charge in [0.15, 0.2) is 0 Å². The van der Waals surface area contributed by atoms with Crippen molar-refractivity contribution in [1.29, 1.82) is 0 Å². The molecule has 2 heterocycles. The maximum atomic E-state index is 5.07. The monoisotopic (exact) mass is 686 g/mol. The molecule has 0 atom stereocenters. The molecule has 10 aromatic rings. The quantitative estimate of drug-likeness (QED) is 0.173. The molecule has 51 heavy (non-hydrogen) atoms. The maximum Gasteiger partial charge on any atom is 0.124 e. The van der Waals surface area contributed by atoms with Crippen LogP contribution in [0.25, 0.3) is 74.0 Å². The van der Waals surface area contributed by atoms with Gasteiger partial charge < -0.3 is 4.90 Å². The average Bonchev–Trinajstić information content (AvgIpc) is 3.81. The Morgan fingerprint density at radius 1 is 0.412 bits per heavy atom. The fraction of sp³-hybridized carbons (Fsp3) is 0. The predicted octanol–water partition coefficient (Wildman–Crippen LogP) is 14.3. The van der Waals surface area contributed by atoms with Gasteiger partial charge in [0.05, 0.1) is 10.2 Å². The minimum Gasteiger partial charge on any atom is -0.310 e. The first-order valence-corrected chi connectivity index (χ1v) is 18.8. The second kappa shape index (κ2) is 12.4. The molecule has 0 radical (unpaired) electrons. The van der Waals surface area contributed by atoms with E-state index < -0.39 is 0 Å². The van der Waals surface area contributed by atoms with E-state index in [1.807, 2.05) is 11.3 Å². The molecule has 0 aliphatic carbocycles. The van der Waals surface area contributed by atoms with Crippen LogP contribution in [0.1, 0.15) is 0 Å². The van der Waals surface area contributed by atoms with E-state index >= 15 is 0 Å². The number of fused-ring (bicyclic) bond motifs is 6. The highest BCUT2D eigenvalue weighted by Crippen LogP contribution is 2.45. The third-order valence-corrected chi connectivity index (χ3v) is 12.0. The number of benzene rings is 8. The lowest BCUT2D eigenvalue weighted by molar-refractivity contribution is 1.29. The van der Waals surface area contributed by atoms with Crippen molar-refractivity contribution in [1.82, 2.24) is 4.98 Å². The zero-order chi connectivity index (χ0) is 33.7. The zero-order valence-electron chi connectivity index (χ0n) is 27.5. The van der Waals surface area contributed by atoms with Gasteiger partial charge in [-0.1, -0.05) is 127 Å². The van der Waals surface area contributed by atoms with Gasteiger partial charge >= 0.3 is 0 Å². The maximum absolute atomic E-state index is 5.07. The zero-order valence-corrected chi connectivity index (χ0v) is 29.2. The topological polar surface area (TPSA) is 16.1 Å². The first-order valence-electron chi connectivity index (χ1n) is 17.1. The van der Waals surface area contributed by atoms with Crippen molar-refractivity contribution in [3.63, 3.8) is 0 Å². The van der Waals surface area contributed by atoms with Crippen molar-refractivity contribution >= 4 is 80.9 Å². The third kappa shape index (κ3) is 5.28. The smallest absolute Gasteiger partial charge is 0.124 e. The predicted molar refractivity (Wildman–Crippen MR) is 221 cm³/mol. The van der Waals surface area contributed by atoms with Crippen LogP contribution in [0.5, 0.6) is 0 Å². The van der Waals surface area contributed by atoms with Gasteiger partial charge in [0.25, 0.3) is 0 Å². The Kier molecular flexibility index (Phi) is 7.23. The van der Waals surface area contributed by atoms with E-state index in [4.69, 9.17) is 4.98 Å². The Morgan fingerprint density at radius 2 is 1.02 bits per heavy atom. The van der Waals surface area contributed by atoms with Crippen LogP contribution in [-0.4, -0.2) is 4.98 Å². The summed E-state index contributed by atoms with van der Waals surface area (Å²) in [5, 5.41) is 6.13. The summed E-state index contributed by atoms with van der Waals surface area (Å²) in [6.07, 6.45) is 0. The lowest BCUT2D eigenvalue weighted by Crippen LogP contribution is -2.09. The summed E-state index contributed by atoms with van der Waals surface area (Å²) in [5.41, 5.74) is 10.4. The number of nitrogens with zero attached hydrogens (tertiary/aromatic N) is 2. The molecule has 0 saturated carbocycles. The van der Waals surface area contributed by atoms with E-state index in [9.17, 15) is 0 Å². The van der Waals surface area contributed by atoms with E-state index in [1.165, 1.54) is 57.9 Å². The highest BCUT2D eigenvalue weighted by atomic mass is 32.1. The standard InChI is InChI=1S/C47H30N2S2/c1-3-10-31(11-4-1)32-18-22-36(23-19-32)49(37-24-20-34(21-25-37)40-17-9-15-33-12-7-8-16-39(33)40)38-26-28-43-41(30-38)45-44(50-43)29-27-42-46(45)51-47(48-42)35-13-5-2-6-14-35/h1-30H. The number of rotatable bonds is 6. The van der Waals surface area contributed by atoms with Crippen molar-refractivity contribution < 1.29 is 0 Å². The van der Waals surface area contributed by atoms with Gasteiger partial charge in [-0.3, -0.25) is 0 Å². The van der Waals surface area contributed by atoms with E-state index in [0.717, 1.165) is 33.1 Å². The highest BCUT2D eigenvalue weighted by molar-refractivity contribution is 7.28. The molecule has 0 fully saturated rings. The van der Waals surface area contributed by atoms with Crippen molar-refractivity contribution in [2.75, 3.05) is 4.90 Å². The minimum atomic E-state index is 1.05. The van der Waals surface area contributed by atoms with Gasteiger partial charge in [0.2, 0.25) is 0 Å². The normalized spacial score (nSPS) is 11.5. The molecule has 0 unspecified atom stereocenters. The number of aromatic nitrogens is 1. The minimum absolute atomic E-state index is 1.05. The Morgan fingerprint density at radius 3 is 1.78 bits per heavy atom. The summed E-state index contributed by atoms with van der Waals surface area (Å²) in [4.78, 5) is 7.45. The van der Waals surface area contributed by atoms with Gasteiger partial charge in [0.1, 0.15) is 5.01 Å². The Bertz CT molecular complexity index is 2830. The molecule has 2 aromatic heterocycles. The largest absolute Gasteiger partial charge is 0.310 e. The molecule has 0 aliphatic rings. The van der Waals surface area contributed by atoms with E-state index in [0.29, 0.717) is 0 Å². The Labute approximate surface area is 304 Å². The average molecular weight is 687 g/mol. The van der Waals surface area contributed by atoms with Crippen molar-refractivity contribution in [3.8, 4) is 32.8 Å². The highest BCUT2D eigenvalue weighted by Gasteiger charge is 2.18. The Hall–Kier alpha value is -6.07. The molecule has 0 N–H and O–H groups in total. The number of thiazole rings is 1. The van der Waals surface area contributed by atoms with Gasteiger partial charge in [0, 0.05) is 42.8 Å². The number of hydrogen-bond acceptors (Lipinski definition) is 4. The second-order valence-corrected chi connectivity index (χ2v) is 14.9. The van der Waals surface area contributed by atoms with Crippen molar-refractivity contribution in [2.24, 2.45) is 0 Å². The van der Waals surface area contributed by atoms with Crippen LogP contribution in [0, 0.1) is 0 Å². The van der Waals surface area contributed by atoms with Crippen molar-refractivity contribution in [3.05, 3.63) is 182 Å². The van der Waals surface area contributed by atoms with E-state index in [2.05, 4.69) is 187 Å². The molecule has 0 bridgehead atoms. The molecule has 0 amide bonds. The summed E-state index contributed by atoms with van der Waals surface area (Å²) in [5.74, 6) is 0. The summed E-state index contributed by atoms with van der Waals surface area (Å²) in [7, 11) is 0. The van der Waals surface area contributed by atoms with Gasteiger partial charge in [-0.25, -0.2) is 4.98 Å². The summed E-state index contributed by atoms with van der Waals surface area (Å²) in [6.45, 7) is 0. The molecule has 2 nitrogen and oxygen atoms in total. The molecular weight excluding hydrogens is 657 g/mol. The summed E-state index contributed by atoms with van der Waals surface area (Å²) >= 11 is 3.64. The first kappa shape index (κ1) is 29.8. The number of anilines is 3. The second-order valence-electron chi connectivity index (χ2n) is 12.8. The van der Waals surface area contributed by atoms with Crippen LogP contribution >= 0.6 is 22.7 Å². The van der Waals surface area contributed by atoms with Crippen LogP contribution in [-0.2, 0) is 0 Å². The van der Waals surface area contributed by atoms with E-state index in [-0.39, 0.29) is 0 Å². The molecule has 0 spiro atoms. The lowest BCUT2D eigenvalue weighted by atomic mass is 9.98. The number of thiophene rings is 1. The van der Waals surface area contributed by atoms with Crippen LogP contribution < -0.4 is 4.90 Å². The van der Waals surface area contributed by atoms with E-state index in [1.54, 1.807) is 11.3 Å².